The van der Waals surface area contributed by atoms with Gasteiger partial charge in [-0.3, -0.25) is 4.79 Å². The van der Waals surface area contributed by atoms with Crippen LogP contribution < -0.4 is 10.9 Å². The second-order valence-electron chi connectivity index (χ2n) is 5.72. The van der Waals surface area contributed by atoms with Crippen LogP contribution >= 0.6 is 0 Å². The minimum Gasteiger partial charge on any atom is -0.366 e. The third kappa shape index (κ3) is 4.06. The summed E-state index contributed by atoms with van der Waals surface area (Å²) in [5.41, 5.74) is -0.0884. The van der Waals surface area contributed by atoms with E-state index >= 15 is 0 Å². The van der Waals surface area contributed by atoms with Gasteiger partial charge in [-0.1, -0.05) is 13.8 Å². The van der Waals surface area contributed by atoms with Gasteiger partial charge < -0.3 is 15.2 Å². The van der Waals surface area contributed by atoms with Gasteiger partial charge >= 0.3 is 0 Å². The summed E-state index contributed by atoms with van der Waals surface area (Å²) < 4.78 is 0. The Kier molecular flexibility index (Phi) is 4.58. The van der Waals surface area contributed by atoms with Gasteiger partial charge in [0.05, 0.1) is 0 Å². The van der Waals surface area contributed by atoms with Crippen molar-refractivity contribution in [2.45, 2.75) is 45.6 Å². The Morgan fingerprint density at radius 3 is 2.68 bits per heavy atom. The number of anilines is 1. The minimum absolute atomic E-state index is 0.0884. The molecule has 1 aliphatic heterocycles. The first-order chi connectivity index (χ1) is 9.04. The maximum absolute atomic E-state index is 11.6. The minimum atomic E-state index is -0.0884. The van der Waals surface area contributed by atoms with Crippen molar-refractivity contribution in [2.24, 2.45) is 0 Å². The monoisotopic (exact) mass is 264 g/mol. The molecule has 0 aromatic carbocycles. The molecular weight excluding hydrogens is 240 g/mol. The van der Waals surface area contributed by atoms with Crippen molar-refractivity contribution in [3.8, 4) is 0 Å². The predicted octanol–water partition coefficient (Wildman–Crippen LogP) is 1.79. The Hall–Kier alpha value is -1.36. The molecule has 2 N–H and O–H groups in total. The largest absolute Gasteiger partial charge is 0.366 e. The first-order valence-electron chi connectivity index (χ1n) is 7.15. The van der Waals surface area contributed by atoms with E-state index in [1.54, 1.807) is 0 Å². The molecular formula is C14H24N4O. The number of rotatable bonds is 5. The zero-order valence-electron chi connectivity index (χ0n) is 12.1. The average molecular weight is 264 g/mol. The molecule has 1 aromatic heterocycles. The number of nitrogens with one attached hydrogen (secondary N) is 2. The fourth-order valence-electron chi connectivity index (χ4n) is 2.47. The summed E-state index contributed by atoms with van der Waals surface area (Å²) in [6, 6.07) is 1.83. The van der Waals surface area contributed by atoms with Crippen molar-refractivity contribution in [3.63, 3.8) is 0 Å². The highest BCUT2D eigenvalue weighted by molar-refractivity contribution is 5.34. The predicted molar refractivity (Wildman–Crippen MR) is 77.7 cm³/mol. The molecule has 19 heavy (non-hydrogen) atoms. The van der Waals surface area contributed by atoms with E-state index in [2.05, 4.69) is 27.1 Å². The molecule has 0 radical (unpaired) electrons. The van der Waals surface area contributed by atoms with E-state index < -0.39 is 0 Å². The van der Waals surface area contributed by atoms with Crippen LogP contribution in [-0.4, -0.2) is 40.5 Å². The van der Waals surface area contributed by atoms with Crippen molar-refractivity contribution >= 4 is 5.82 Å². The number of hydrogen-bond acceptors (Lipinski definition) is 4. The summed E-state index contributed by atoms with van der Waals surface area (Å²) in [4.78, 5) is 21.3. The van der Waals surface area contributed by atoms with Gasteiger partial charge in [0.1, 0.15) is 11.6 Å². The quantitative estimate of drug-likeness (QED) is 0.851. The van der Waals surface area contributed by atoms with Gasteiger partial charge in [-0.25, -0.2) is 4.98 Å². The van der Waals surface area contributed by atoms with Crippen LogP contribution in [0.1, 0.15) is 45.4 Å². The molecule has 2 rings (SSSR count). The Morgan fingerprint density at radius 1 is 1.37 bits per heavy atom. The van der Waals surface area contributed by atoms with Crippen LogP contribution in [-0.2, 0) is 0 Å². The van der Waals surface area contributed by atoms with Crippen molar-refractivity contribution in [2.75, 3.05) is 25.0 Å². The van der Waals surface area contributed by atoms with Gasteiger partial charge in [-0.2, -0.15) is 0 Å². The first kappa shape index (κ1) is 14.1. The van der Waals surface area contributed by atoms with Crippen molar-refractivity contribution in [3.05, 3.63) is 22.2 Å². The highest BCUT2D eigenvalue weighted by Gasteiger charge is 2.15. The molecule has 0 amide bonds. The molecule has 1 atom stereocenters. The fraction of sp³-hybridized carbons (Fsp3) is 0.714. The SMILES string of the molecule is CC(CN1CCCC1)Nc1cc(=O)[nH]c(C(C)C)n1. The molecule has 0 spiro atoms. The number of nitrogens with zero attached hydrogens (tertiary/aromatic N) is 2. The fourth-order valence-corrected chi connectivity index (χ4v) is 2.47. The summed E-state index contributed by atoms with van der Waals surface area (Å²) in [5.74, 6) is 1.64. The van der Waals surface area contributed by atoms with E-state index in [0.717, 1.165) is 12.4 Å². The summed E-state index contributed by atoms with van der Waals surface area (Å²) >= 11 is 0. The average Bonchev–Trinajstić information content (AvgIpc) is 2.80. The van der Waals surface area contributed by atoms with Crippen molar-refractivity contribution in [1.82, 2.24) is 14.9 Å². The molecule has 1 saturated heterocycles. The molecule has 1 unspecified atom stereocenters. The van der Waals surface area contributed by atoms with Gasteiger partial charge in [0.2, 0.25) is 0 Å². The van der Waals surface area contributed by atoms with E-state index in [1.165, 1.54) is 32.0 Å². The highest BCUT2D eigenvalue weighted by atomic mass is 16.1. The summed E-state index contributed by atoms with van der Waals surface area (Å²) in [5, 5.41) is 3.33. The third-order valence-electron chi connectivity index (χ3n) is 3.43. The summed E-state index contributed by atoms with van der Waals surface area (Å²) in [6.07, 6.45) is 2.60. The van der Waals surface area contributed by atoms with Crippen LogP contribution in [0.4, 0.5) is 5.82 Å². The Balaban J connectivity index is 1.99. The van der Waals surface area contributed by atoms with Crippen molar-refractivity contribution < 1.29 is 0 Å². The smallest absolute Gasteiger partial charge is 0.252 e. The van der Waals surface area contributed by atoms with Gasteiger partial charge in [-0.15, -0.1) is 0 Å². The molecule has 0 aliphatic carbocycles. The lowest BCUT2D eigenvalue weighted by Gasteiger charge is -2.21. The lowest BCUT2D eigenvalue weighted by molar-refractivity contribution is 0.327. The number of hydrogen-bond donors (Lipinski definition) is 2. The molecule has 106 valence electrons. The molecule has 0 saturated carbocycles. The third-order valence-corrected chi connectivity index (χ3v) is 3.43. The molecule has 5 nitrogen and oxygen atoms in total. The maximum Gasteiger partial charge on any atom is 0.252 e. The van der Waals surface area contributed by atoms with E-state index in [-0.39, 0.29) is 11.5 Å². The van der Waals surface area contributed by atoms with Gasteiger partial charge in [0.25, 0.3) is 5.56 Å². The van der Waals surface area contributed by atoms with Crippen LogP contribution in [0.3, 0.4) is 0 Å². The normalized spacial score (nSPS) is 17.9. The standard InChI is InChI=1S/C14H24N4O/c1-10(2)14-16-12(8-13(19)17-14)15-11(3)9-18-6-4-5-7-18/h8,10-11H,4-7,9H2,1-3H3,(H2,15,16,17,19). The molecule has 2 heterocycles. The Morgan fingerprint density at radius 2 is 2.05 bits per heavy atom. The first-order valence-corrected chi connectivity index (χ1v) is 7.15. The van der Waals surface area contributed by atoms with Gasteiger partial charge in [-0.05, 0) is 32.9 Å². The zero-order valence-corrected chi connectivity index (χ0v) is 12.1. The number of aromatic amines is 1. The van der Waals surface area contributed by atoms with Gasteiger partial charge in [0.15, 0.2) is 0 Å². The molecule has 1 fully saturated rings. The topological polar surface area (TPSA) is 61.0 Å². The van der Waals surface area contributed by atoms with Crippen LogP contribution in [0.5, 0.6) is 0 Å². The molecule has 0 bridgehead atoms. The lowest BCUT2D eigenvalue weighted by atomic mass is 10.2. The van der Waals surface area contributed by atoms with E-state index in [4.69, 9.17) is 0 Å². The van der Waals surface area contributed by atoms with Crippen LogP contribution in [0.15, 0.2) is 10.9 Å². The van der Waals surface area contributed by atoms with E-state index in [1.807, 2.05) is 13.8 Å². The van der Waals surface area contributed by atoms with Gasteiger partial charge in [0, 0.05) is 24.6 Å². The number of likely N-dealkylation sites (tertiary alicyclic amines) is 1. The Bertz CT molecular complexity index is 463. The lowest BCUT2D eigenvalue weighted by Crippen LogP contribution is -2.33. The van der Waals surface area contributed by atoms with Crippen LogP contribution in [0.2, 0.25) is 0 Å². The van der Waals surface area contributed by atoms with Crippen LogP contribution in [0, 0.1) is 0 Å². The summed E-state index contributed by atoms with van der Waals surface area (Å²) in [6.45, 7) is 9.56. The summed E-state index contributed by atoms with van der Waals surface area (Å²) in [7, 11) is 0. The van der Waals surface area contributed by atoms with Crippen LogP contribution in [0.25, 0.3) is 0 Å². The van der Waals surface area contributed by atoms with Crippen molar-refractivity contribution in [1.29, 1.82) is 0 Å². The number of aromatic nitrogens is 2. The molecule has 5 heteroatoms. The number of H-pyrrole nitrogens is 1. The second kappa shape index (κ2) is 6.19. The maximum atomic E-state index is 11.6. The Labute approximate surface area is 114 Å². The van der Waals surface area contributed by atoms with E-state index in [0.29, 0.717) is 11.9 Å². The second-order valence-corrected chi connectivity index (χ2v) is 5.72. The highest BCUT2D eigenvalue weighted by Crippen LogP contribution is 2.12. The molecule has 1 aromatic rings. The molecule has 1 aliphatic rings. The zero-order chi connectivity index (χ0) is 13.8. The van der Waals surface area contributed by atoms with E-state index in [9.17, 15) is 4.79 Å².